The number of anilines is 2. The number of aromatic nitrogens is 2. The maximum atomic E-state index is 12.8. The molecule has 3 rings (SSSR count). The molecule has 0 saturated heterocycles. The predicted octanol–water partition coefficient (Wildman–Crippen LogP) is 3.96. The zero-order chi connectivity index (χ0) is 24.2. The summed E-state index contributed by atoms with van der Waals surface area (Å²) in [5.74, 6) is -0.820. The van der Waals surface area contributed by atoms with Gasteiger partial charge in [-0.15, -0.1) is 0 Å². The molecule has 0 aliphatic heterocycles. The molecule has 0 radical (unpaired) electrons. The van der Waals surface area contributed by atoms with Crippen molar-refractivity contribution in [1.82, 2.24) is 15.3 Å². The van der Waals surface area contributed by atoms with Gasteiger partial charge in [0.15, 0.2) is 0 Å². The van der Waals surface area contributed by atoms with Crippen LogP contribution in [0.1, 0.15) is 42.5 Å². The fourth-order valence-corrected chi connectivity index (χ4v) is 2.93. The number of hydrogen-bond donors (Lipinski definition) is 3. The number of para-hydroxylation sites is 2. The smallest absolute Gasteiger partial charge is 0.408 e. The van der Waals surface area contributed by atoms with Gasteiger partial charge in [-0.2, -0.15) is 0 Å². The monoisotopic (exact) mass is 449 g/mol. The fourth-order valence-electron chi connectivity index (χ4n) is 2.93. The Labute approximate surface area is 192 Å². The summed E-state index contributed by atoms with van der Waals surface area (Å²) in [6.45, 7) is 8.67. The molecule has 0 saturated carbocycles. The van der Waals surface area contributed by atoms with E-state index in [1.54, 1.807) is 63.2 Å². The van der Waals surface area contributed by atoms with Gasteiger partial charge in [-0.1, -0.05) is 12.1 Å². The lowest BCUT2D eigenvalue weighted by Gasteiger charge is -2.19. The summed E-state index contributed by atoms with van der Waals surface area (Å²) in [7, 11) is 0. The minimum absolute atomic E-state index is 0.278. The molecule has 0 spiro atoms. The third-order valence-corrected chi connectivity index (χ3v) is 4.58. The van der Waals surface area contributed by atoms with Crippen LogP contribution in [0, 0.1) is 13.8 Å². The maximum absolute atomic E-state index is 12.8. The van der Waals surface area contributed by atoms with Crippen molar-refractivity contribution in [2.75, 3.05) is 17.2 Å². The first-order valence-electron chi connectivity index (χ1n) is 10.4. The number of alkyl carbamates (subject to hydrolysis) is 1. The highest BCUT2D eigenvalue weighted by atomic mass is 16.6. The van der Waals surface area contributed by atoms with E-state index in [1.807, 2.05) is 13.8 Å². The Morgan fingerprint density at radius 2 is 1.48 bits per heavy atom. The Morgan fingerprint density at radius 3 is 2.12 bits per heavy atom. The van der Waals surface area contributed by atoms with Gasteiger partial charge >= 0.3 is 6.09 Å². The summed E-state index contributed by atoms with van der Waals surface area (Å²) in [5.41, 5.74) is 3.53. The third-order valence-electron chi connectivity index (χ3n) is 4.58. The van der Waals surface area contributed by atoms with Crippen molar-refractivity contribution < 1.29 is 19.1 Å². The van der Waals surface area contributed by atoms with Gasteiger partial charge in [0, 0.05) is 5.56 Å². The lowest BCUT2D eigenvalue weighted by molar-refractivity contribution is -0.115. The fraction of sp³-hybridized carbons (Fsp3) is 0.292. The average molecular weight is 450 g/mol. The number of aryl methyl sites for hydroxylation is 2. The highest BCUT2D eigenvalue weighted by molar-refractivity contribution is 6.08. The highest BCUT2D eigenvalue weighted by Gasteiger charge is 2.17. The van der Waals surface area contributed by atoms with Crippen LogP contribution in [0.15, 0.2) is 42.5 Å². The zero-order valence-corrected chi connectivity index (χ0v) is 19.3. The van der Waals surface area contributed by atoms with E-state index in [-0.39, 0.29) is 12.5 Å². The summed E-state index contributed by atoms with van der Waals surface area (Å²) < 4.78 is 5.11. The van der Waals surface area contributed by atoms with Crippen molar-refractivity contribution in [2.45, 2.75) is 40.2 Å². The summed E-state index contributed by atoms with van der Waals surface area (Å²) in [4.78, 5) is 45.8. The molecule has 0 bridgehead atoms. The molecule has 0 fully saturated rings. The number of amides is 3. The lowest BCUT2D eigenvalue weighted by Crippen LogP contribution is -2.37. The minimum Gasteiger partial charge on any atom is -0.444 e. The molecular weight excluding hydrogens is 422 g/mol. The number of ether oxygens (including phenoxy) is 1. The topological polar surface area (TPSA) is 122 Å². The van der Waals surface area contributed by atoms with Crippen molar-refractivity contribution in [1.29, 1.82) is 0 Å². The standard InChI is InChI=1S/C24H27N5O4/c1-14-15(2)27-20-12-16(10-11-19(20)26-14)22(31)29-18-9-7-6-8-17(18)28-21(30)13-25-23(32)33-24(3,4)5/h6-12H,13H2,1-5H3,(H,25,32)(H,28,30)(H,29,31). The van der Waals surface area contributed by atoms with Gasteiger partial charge in [0.25, 0.3) is 5.91 Å². The SMILES string of the molecule is Cc1nc2ccc(C(=O)Nc3ccccc3NC(=O)CNC(=O)OC(C)(C)C)cc2nc1C. The number of nitrogens with one attached hydrogen (secondary N) is 3. The van der Waals surface area contributed by atoms with Crippen molar-refractivity contribution in [3.05, 3.63) is 59.4 Å². The van der Waals surface area contributed by atoms with E-state index in [2.05, 4.69) is 25.9 Å². The minimum atomic E-state index is -0.691. The van der Waals surface area contributed by atoms with E-state index in [0.29, 0.717) is 28.0 Å². The van der Waals surface area contributed by atoms with E-state index < -0.39 is 17.6 Å². The second kappa shape index (κ2) is 9.64. The molecule has 3 amide bonds. The van der Waals surface area contributed by atoms with Gasteiger partial charge in [-0.05, 0) is 65.0 Å². The Balaban J connectivity index is 1.68. The molecule has 1 aromatic heterocycles. The second-order valence-electron chi connectivity index (χ2n) is 8.50. The van der Waals surface area contributed by atoms with Gasteiger partial charge in [-0.25, -0.2) is 14.8 Å². The summed E-state index contributed by atoms with van der Waals surface area (Å²) in [6.07, 6.45) is -0.691. The summed E-state index contributed by atoms with van der Waals surface area (Å²) in [5, 5.41) is 7.88. The van der Waals surface area contributed by atoms with Crippen LogP contribution in [0.3, 0.4) is 0 Å². The molecule has 9 heteroatoms. The summed E-state index contributed by atoms with van der Waals surface area (Å²) >= 11 is 0. The van der Waals surface area contributed by atoms with Crippen LogP contribution in [0.2, 0.25) is 0 Å². The normalized spacial score (nSPS) is 11.1. The molecule has 3 aromatic rings. The number of nitrogens with zero attached hydrogens (tertiary/aromatic N) is 2. The zero-order valence-electron chi connectivity index (χ0n) is 19.3. The number of hydrogen-bond acceptors (Lipinski definition) is 6. The van der Waals surface area contributed by atoms with Crippen molar-refractivity contribution in [3.8, 4) is 0 Å². The van der Waals surface area contributed by atoms with Gasteiger partial charge in [0.1, 0.15) is 12.1 Å². The van der Waals surface area contributed by atoms with Gasteiger partial charge in [-0.3, -0.25) is 9.59 Å². The first-order valence-corrected chi connectivity index (χ1v) is 10.4. The van der Waals surface area contributed by atoms with Crippen LogP contribution in [0.5, 0.6) is 0 Å². The van der Waals surface area contributed by atoms with Crippen molar-refractivity contribution >= 4 is 40.3 Å². The van der Waals surface area contributed by atoms with Crippen LogP contribution >= 0.6 is 0 Å². The van der Waals surface area contributed by atoms with E-state index in [1.165, 1.54) is 0 Å². The van der Waals surface area contributed by atoms with Gasteiger partial charge < -0.3 is 20.7 Å². The quantitative estimate of drug-likeness (QED) is 0.542. The molecule has 0 unspecified atom stereocenters. The third kappa shape index (κ3) is 6.49. The number of fused-ring (bicyclic) bond motifs is 1. The molecule has 0 aliphatic carbocycles. The Bertz CT molecular complexity index is 1220. The van der Waals surface area contributed by atoms with Gasteiger partial charge in [0.05, 0.1) is 33.8 Å². The Hall–Kier alpha value is -4.01. The van der Waals surface area contributed by atoms with E-state index in [0.717, 1.165) is 11.4 Å². The van der Waals surface area contributed by atoms with Crippen LogP contribution in [-0.4, -0.2) is 40.0 Å². The van der Waals surface area contributed by atoms with E-state index in [4.69, 9.17) is 4.74 Å². The first kappa shape index (κ1) is 23.6. The lowest BCUT2D eigenvalue weighted by atomic mass is 10.1. The molecule has 172 valence electrons. The number of benzene rings is 2. The molecular formula is C24H27N5O4. The molecule has 33 heavy (non-hydrogen) atoms. The van der Waals surface area contributed by atoms with E-state index >= 15 is 0 Å². The van der Waals surface area contributed by atoms with E-state index in [9.17, 15) is 14.4 Å². The highest BCUT2D eigenvalue weighted by Crippen LogP contribution is 2.22. The molecule has 1 heterocycles. The number of carbonyl (C=O) groups is 3. The average Bonchev–Trinajstić information content (AvgIpc) is 2.73. The first-order chi connectivity index (χ1) is 15.5. The molecule has 2 aromatic carbocycles. The van der Waals surface area contributed by atoms with Gasteiger partial charge in [0.2, 0.25) is 5.91 Å². The molecule has 0 aliphatic rings. The van der Waals surface area contributed by atoms with Crippen molar-refractivity contribution in [3.63, 3.8) is 0 Å². The molecule has 3 N–H and O–H groups in total. The van der Waals surface area contributed by atoms with Crippen LogP contribution in [0.25, 0.3) is 11.0 Å². The van der Waals surface area contributed by atoms with Crippen LogP contribution < -0.4 is 16.0 Å². The van der Waals surface area contributed by atoms with Crippen LogP contribution in [-0.2, 0) is 9.53 Å². The molecule has 9 nitrogen and oxygen atoms in total. The Kier molecular flexibility index (Phi) is 6.91. The molecule has 0 atom stereocenters. The predicted molar refractivity (Wildman–Crippen MR) is 126 cm³/mol. The Morgan fingerprint density at radius 1 is 0.879 bits per heavy atom. The second-order valence-corrected chi connectivity index (χ2v) is 8.50. The van der Waals surface area contributed by atoms with Crippen LogP contribution in [0.4, 0.5) is 16.2 Å². The number of carbonyl (C=O) groups excluding carboxylic acids is 3. The van der Waals surface area contributed by atoms with Crippen molar-refractivity contribution in [2.24, 2.45) is 0 Å². The maximum Gasteiger partial charge on any atom is 0.408 e. The largest absolute Gasteiger partial charge is 0.444 e. The number of rotatable bonds is 5. The summed E-state index contributed by atoms with van der Waals surface area (Å²) in [6, 6.07) is 11.9.